The van der Waals surface area contributed by atoms with Crippen molar-refractivity contribution in [2.45, 2.75) is 92.4 Å². The zero-order valence-electron chi connectivity index (χ0n) is 14.4. The molecule has 0 nitrogen and oxygen atoms in total. The van der Waals surface area contributed by atoms with E-state index in [4.69, 9.17) is 0 Å². The maximum atomic E-state index is 2.67. The lowest BCUT2D eigenvalue weighted by Gasteiger charge is -2.32. The summed E-state index contributed by atoms with van der Waals surface area (Å²) in [4.78, 5) is 0. The Morgan fingerprint density at radius 1 is 0.778 bits per heavy atom. The van der Waals surface area contributed by atoms with Gasteiger partial charge in [0.05, 0.1) is 8.07 Å². The number of hydrogen-bond donors (Lipinski definition) is 0. The lowest BCUT2D eigenvalue weighted by atomic mass is 9.94. The second kappa shape index (κ2) is 7.72. The Labute approximate surface area is 118 Å². The summed E-state index contributed by atoms with van der Waals surface area (Å²) < 4.78 is 0. The highest BCUT2D eigenvalue weighted by atomic mass is 28.3. The summed E-state index contributed by atoms with van der Waals surface area (Å²) in [5, 5.41) is 0. The van der Waals surface area contributed by atoms with E-state index in [9.17, 15) is 0 Å². The van der Waals surface area contributed by atoms with E-state index in [1.165, 1.54) is 25.3 Å². The fourth-order valence-electron chi connectivity index (χ4n) is 2.33. The van der Waals surface area contributed by atoms with E-state index in [1.807, 2.05) is 0 Å². The molecular formula is C17H38Si. The Hall–Kier alpha value is 0.217. The zero-order chi connectivity index (χ0) is 14.4. The maximum Gasteiger partial charge on any atom is 0.0505 e. The molecule has 0 aromatic heterocycles. The molecule has 0 atom stereocenters. The Morgan fingerprint density at radius 3 is 1.44 bits per heavy atom. The lowest BCUT2D eigenvalue weighted by Crippen LogP contribution is -2.32. The van der Waals surface area contributed by atoms with Crippen LogP contribution < -0.4 is 0 Å². The highest BCUT2D eigenvalue weighted by Crippen LogP contribution is 2.33. The molecule has 0 bridgehead atoms. The van der Waals surface area contributed by atoms with Crippen molar-refractivity contribution < 1.29 is 0 Å². The molecule has 0 aliphatic rings. The molecule has 0 saturated carbocycles. The van der Waals surface area contributed by atoms with Crippen LogP contribution in [0, 0.1) is 17.3 Å². The standard InChI is InChI=1S/C17H38Si/c1-15(2)9-12-18(8,13-10-16(3)4)14-11-17(5,6)7/h15-16H,9-14H2,1-8H3. The van der Waals surface area contributed by atoms with E-state index in [2.05, 4.69) is 55.0 Å². The summed E-state index contributed by atoms with van der Waals surface area (Å²) in [6.45, 7) is 19.4. The van der Waals surface area contributed by atoms with Crippen LogP contribution in [0.25, 0.3) is 0 Å². The van der Waals surface area contributed by atoms with Crippen molar-refractivity contribution in [3.63, 3.8) is 0 Å². The SMILES string of the molecule is CC(C)CC[Si](C)(CCC(C)C)CCC(C)(C)C. The van der Waals surface area contributed by atoms with Gasteiger partial charge in [0.1, 0.15) is 0 Å². The summed E-state index contributed by atoms with van der Waals surface area (Å²) in [6, 6.07) is 4.64. The van der Waals surface area contributed by atoms with Crippen LogP contribution in [0.15, 0.2) is 0 Å². The molecule has 0 heterocycles. The van der Waals surface area contributed by atoms with E-state index in [1.54, 1.807) is 12.1 Å². The average molecular weight is 271 g/mol. The molecule has 0 N–H and O–H groups in total. The van der Waals surface area contributed by atoms with Crippen molar-refractivity contribution in [1.82, 2.24) is 0 Å². The first-order valence-electron chi connectivity index (χ1n) is 8.04. The molecule has 18 heavy (non-hydrogen) atoms. The van der Waals surface area contributed by atoms with Gasteiger partial charge in [-0.3, -0.25) is 0 Å². The van der Waals surface area contributed by atoms with E-state index in [-0.39, 0.29) is 0 Å². The third-order valence-electron chi connectivity index (χ3n) is 4.13. The smallest absolute Gasteiger partial charge is 0.0505 e. The van der Waals surface area contributed by atoms with Gasteiger partial charge >= 0.3 is 0 Å². The molecule has 0 radical (unpaired) electrons. The number of hydrogen-bond acceptors (Lipinski definition) is 0. The molecule has 0 spiro atoms. The van der Waals surface area contributed by atoms with Gasteiger partial charge in [-0.25, -0.2) is 0 Å². The summed E-state index contributed by atoms with van der Waals surface area (Å²) in [7, 11) is -0.985. The van der Waals surface area contributed by atoms with Gasteiger partial charge < -0.3 is 0 Å². The van der Waals surface area contributed by atoms with Crippen LogP contribution in [0.4, 0.5) is 0 Å². The van der Waals surface area contributed by atoms with Crippen LogP contribution in [-0.4, -0.2) is 8.07 Å². The fraction of sp³-hybridized carbons (Fsp3) is 1.00. The summed E-state index contributed by atoms with van der Waals surface area (Å²) in [5.41, 5.74) is 0.518. The highest BCUT2D eigenvalue weighted by molar-refractivity contribution is 6.78. The topological polar surface area (TPSA) is 0 Å². The molecule has 110 valence electrons. The highest BCUT2D eigenvalue weighted by Gasteiger charge is 2.28. The first-order valence-corrected chi connectivity index (χ1v) is 11.2. The Kier molecular flexibility index (Phi) is 7.81. The Bertz CT molecular complexity index is 198. The summed E-state index contributed by atoms with van der Waals surface area (Å²) in [6.07, 6.45) is 4.32. The molecule has 0 aliphatic carbocycles. The van der Waals surface area contributed by atoms with Gasteiger partial charge in [0.25, 0.3) is 0 Å². The largest absolute Gasteiger partial charge is 0.0691 e. The van der Waals surface area contributed by atoms with Gasteiger partial charge in [0, 0.05) is 0 Å². The molecule has 0 aliphatic heterocycles. The molecular weight excluding hydrogens is 232 g/mol. The lowest BCUT2D eigenvalue weighted by molar-refractivity contribution is 0.394. The Morgan fingerprint density at radius 2 is 1.17 bits per heavy atom. The van der Waals surface area contributed by atoms with E-state index < -0.39 is 8.07 Å². The molecule has 0 aromatic rings. The van der Waals surface area contributed by atoms with Gasteiger partial charge in [-0.2, -0.15) is 0 Å². The zero-order valence-corrected chi connectivity index (χ0v) is 15.4. The second-order valence-electron chi connectivity index (χ2n) is 8.74. The van der Waals surface area contributed by atoms with Gasteiger partial charge in [-0.15, -0.1) is 0 Å². The Balaban J connectivity index is 4.38. The maximum absolute atomic E-state index is 2.67. The second-order valence-corrected chi connectivity index (χ2v) is 13.9. The monoisotopic (exact) mass is 270 g/mol. The van der Waals surface area contributed by atoms with Gasteiger partial charge in [-0.05, 0) is 17.3 Å². The average Bonchev–Trinajstić information content (AvgIpc) is 2.20. The van der Waals surface area contributed by atoms with Gasteiger partial charge in [-0.1, -0.05) is 92.4 Å². The predicted octanol–water partition coefficient (Wildman–Crippen LogP) is 6.59. The minimum absolute atomic E-state index is 0.518. The van der Waals surface area contributed by atoms with Crippen molar-refractivity contribution in [1.29, 1.82) is 0 Å². The normalized spacial score (nSPS) is 13.7. The van der Waals surface area contributed by atoms with Gasteiger partial charge in [0.15, 0.2) is 0 Å². The molecule has 0 unspecified atom stereocenters. The van der Waals surface area contributed by atoms with Crippen molar-refractivity contribution >= 4 is 8.07 Å². The predicted molar refractivity (Wildman–Crippen MR) is 89.0 cm³/mol. The van der Waals surface area contributed by atoms with Crippen molar-refractivity contribution in [2.24, 2.45) is 17.3 Å². The van der Waals surface area contributed by atoms with E-state index in [0.717, 1.165) is 11.8 Å². The minimum Gasteiger partial charge on any atom is -0.0691 e. The van der Waals surface area contributed by atoms with Crippen LogP contribution in [0.1, 0.15) is 67.7 Å². The third kappa shape index (κ3) is 10.2. The third-order valence-corrected chi connectivity index (χ3v) is 8.58. The minimum atomic E-state index is -0.985. The quantitative estimate of drug-likeness (QED) is 0.436. The van der Waals surface area contributed by atoms with Crippen LogP contribution in [0.2, 0.25) is 24.7 Å². The van der Waals surface area contributed by atoms with Crippen molar-refractivity contribution in [2.75, 3.05) is 0 Å². The first kappa shape index (κ1) is 18.2. The summed E-state index contributed by atoms with van der Waals surface area (Å²) in [5.74, 6) is 1.76. The molecule has 0 rings (SSSR count). The van der Waals surface area contributed by atoms with Crippen LogP contribution in [0.3, 0.4) is 0 Å². The van der Waals surface area contributed by atoms with Gasteiger partial charge in [0.2, 0.25) is 0 Å². The van der Waals surface area contributed by atoms with E-state index >= 15 is 0 Å². The molecule has 0 saturated heterocycles. The van der Waals surface area contributed by atoms with E-state index in [0.29, 0.717) is 5.41 Å². The fourth-order valence-corrected chi connectivity index (χ4v) is 6.98. The molecule has 0 fully saturated rings. The summed E-state index contributed by atoms with van der Waals surface area (Å²) >= 11 is 0. The van der Waals surface area contributed by atoms with Crippen molar-refractivity contribution in [3.8, 4) is 0 Å². The first-order chi connectivity index (χ1) is 8.04. The van der Waals surface area contributed by atoms with Crippen LogP contribution >= 0.6 is 0 Å². The van der Waals surface area contributed by atoms with Crippen molar-refractivity contribution in [3.05, 3.63) is 0 Å². The van der Waals surface area contributed by atoms with Crippen LogP contribution in [-0.2, 0) is 0 Å². The molecule has 0 aromatic carbocycles. The molecule has 0 amide bonds. The number of rotatable bonds is 8. The van der Waals surface area contributed by atoms with Crippen LogP contribution in [0.5, 0.6) is 0 Å². The molecule has 1 heteroatoms.